The quantitative estimate of drug-likeness (QED) is 0.588. The van der Waals surface area contributed by atoms with E-state index in [1.54, 1.807) is 0 Å². The van der Waals surface area contributed by atoms with E-state index in [1.807, 2.05) is 0 Å². The molecular weight excluding hydrogens is 282 g/mol. The first-order valence-corrected chi connectivity index (χ1v) is 6.07. The second kappa shape index (κ2) is 5.75. The molecule has 1 fully saturated rings. The van der Waals surface area contributed by atoms with E-state index in [4.69, 9.17) is 10.5 Å². The number of carbonyl (C=O) groups excluding carboxylic acids is 1. The molecule has 9 heteroatoms. The molecule has 0 bridgehead atoms. The van der Waals surface area contributed by atoms with E-state index in [0.29, 0.717) is 6.61 Å². The summed E-state index contributed by atoms with van der Waals surface area (Å²) in [5.41, 5.74) is 4.91. The van der Waals surface area contributed by atoms with Gasteiger partial charge in [0.05, 0.1) is 29.4 Å². The summed E-state index contributed by atoms with van der Waals surface area (Å²) in [5, 5.41) is 20.0. The van der Waals surface area contributed by atoms with Crippen LogP contribution in [0.5, 0.6) is 0 Å². The molecule has 1 saturated heterocycles. The van der Waals surface area contributed by atoms with Gasteiger partial charge in [-0.1, -0.05) is 0 Å². The number of ether oxygens (including phenoxy) is 1. The minimum Gasteiger partial charge on any atom is -0.478 e. The number of hydrogen-bond acceptors (Lipinski definition) is 6. The maximum absolute atomic E-state index is 11.4. The average molecular weight is 295 g/mol. The molecule has 0 aliphatic carbocycles. The number of nitro benzene ring substituents is 1. The minimum atomic E-state index is -1.32. The number of carbonyl (C=O) groups is 2. The lowest BCUT2D eigenvalue weighted by Crippen LogP contribution is -2.53. The predicted octanol–water partition coefficient (Wildman–Crippen LogP) is -0.0165. The van der Waals surface area contributed by atoms with E-state index in [9.17, 15) is 24.8 Å². The zero-order valence-corrected chi connectivity index (χ0v) is 10.9. The summed E-state index contributed by atoms with van der Waals surface area (Å²) < 4.78 is 5.16. The van der Waals surface area contributed by atoms with Gasteiger partial charge in [-0.15, -0.1) is 0 Å². The van der Waals surface area contributed by atoms with Crippen molar-refractivity contribution in [3.8, 4) is 0 Å². The molecule has 1 heterocycles. The molecule has 1 aliphatic heterocycles. The molecule has 1 amide bonds. The summed E-state index contributed by atoms with van der Waals surface area (Å²) in [6.45, 7) is 0.622. The van der Waals surface area contributed by atoms with E-state index >= 15 is 0 Å². The molecule has 0 spiro atoms. The van der Waals surface area contributed by atoms with Crippen molar-refractivity contribution >= 4 is 23.3 Å². The summed E-state index contributed by atoms with van der Waals surface area (Å²) in [6, 6.07) is 2.65. The summed E-state index contributed by atoms with van der Waals surface area (Å²) in [7, 11) is 0. The van der Waals surface area contributed by atoms with Crippen LogP contribution in [0.3, 0.4) is 0 Å². The van der Waals surface area contributed by atoms with Gasteiger partial charge < -0.3 is 20.5 Å². The normalized spacial score (nSPS) is 18.3. The first-order chi connectivity index (χ1) is 9.91. The lowest BCUT2D eigenvalue weighted by atomic mass is 10.1. The van der Waals surface area contributed by atoms with Crippen molar-refractivity contribution in [3.63, 3.8) is 0 Å². The number of rotatable bonds is 4. The number of morpholine rings is 1. The number of nitrogens with two attached hydrogens (primary N) is 1. The van der Waals surface area contributed by atoms with E-state index in [-0.39, 0.29) is 30.1 Å². The maximum atomic E-state index is 11.4. The van der Waals surface area contributed by atoms with Crippen LogP contribution in [0.1, 0.15) is 10.4 Å². The number of carboxylic acids is 1. The maximum Gasteiger partial charge on any atom is 0.338 e. The number of primary amides is 1. The highest BCUT2D eigenvalue weighted by Gasteiger charge is 2.31. The Hall–Kier alpha value is -2.68. The van der Waals surface area contributed by atoms with Crippen LogP contribution in [0, 0.1) is 10.1 Å². The molecule has 21 heavy (non-hydrogen) atoms. The van der Waals surface area contributed by atoms with Gasteiger partial charge in [0.1, 0.15) is 6.04 Å². The SMILES string of the molecule is NC(=O)C1COCCN1c1ccc([N+](=O)[O-])cc1C(=O)O. The van der Waals surface area contributed by atoms with Gasteiger partial charge in [-0.2, -0.15) is 0 Å². The first kappa shape index (κ1) is 14.7. The van der Waals surface area contributed by atoms with Crippen molar-refractivity contribution in [2.75, 3.05) is 24.7 Å². The second-order valence-corrected chi connectivity index (χ2v) is 4.45. The van der Waals surface area contributed by atoms with Gasteiger partial charge in [0.2, 0.25) is 5.91 Å². The largest absolute Gasteiger partial charge is 0.478 e. The molecule has 3 N–H and O–H groups in total. The van der Waals surface area contributed by atoms with Crippen molar-refractivity contribution in [2.24, 2.45) is 5.73 Å². The van der Waals surface area contributed by atoms with Gasteiger partial charge >= 0.3 is 5.97 Å². The molecule has 1 aromatic carbocycles. The van der Waals surface area contributed by atoms with Crippen LogP contribution in [0.25, 0.3) is 0 Å². The Bertz CT molecular complexity index is 603. The molecule has 0 aromatic heterocycles. The smallest absolute Gasteiger partial charge is 0.338 e. The fourth-order valence-electron chi connectivity index (χ4n) is 2.19. The van der Waals surface area contributed by atoms with Crippen LogP contribution in [0.15, 0.2) is 18.2 Å². The lowest BCUT2D eigenvalue weighted by molar-refractivity contribution is -0.384. The van der Waals surface area contributed by atoms with E-state index in [0.717, 1.165) is 6.07 Å². The minimum absolute atomic E-state index is 0.0470. The highest BCUT2D eigenvalue weighted by atomic mass is 16.6. The van der Waals surface area contributed by atoms with Crippen molar-refractivity contribution in [1.82, 2.24) is 0 Å². The Morgan fingerprint density at radius 1 is 1.48 bits per heavy atom. The van der Waals surface area contributed by atoms with Crippen LogP contribution < -0.4 is 10.6 Å². The molecule has 1 aromatic rings. The van der Waals surface area contributed by atoms with Crippen molar-refractivity contribution in [3.05, 3.63) is 33.9 Å². The number of hydrogen-bond donors (Lipinski definition) is 2. The highest BCUT2D eigenvalue weighted by molar-refractivity contribution is 5.96. The zero-order valence-electron chi connectivity index (χ0n) is 10.9. The fraction of sp³-hybridized carbons (Fsp3) is 0.333. The zero-order chi connectivity index (χ0) is 15.6. The number of non-ortho nitro benzene ring substituents is 1. The molecule has 0 saturated carbocycles. The van der Waals surface area contributed by atoms with Gasteiger partial charge in [0.15, 0.2) is 0 Å². The molecule has 9 nitrogen and oxygen atoms in total. The van der Waals surface area contributed by atoms with Crippen molar-refractivity contribution in [1.29, 1.82) is 0 Å². The Kier molecular flexibility index (Phi) is 4.03. The average Bonchev–Trinajstić information content (AvgIpc) is 2.46. The molecule has 1 aliphatic rings. The molecular formula is C12H13N3O6. The van der Waals surface area contributed by atoms with Crippen molar-refractivity contribution in [2.45, 2.75) is 6.04 Å². The number of anilines is 1. The Morgan fingerprint density at radius 3 is 2.76 bits per heavy atom. The molecule has 0 radical (unpaired) electrons. The predicted molar refractivity (Wildman–Crippen MR) is 71.2 cm³/mol. The third-order valence-electron chi connectivity index (χ3n) is 3.19. The summed E-state index contributed by atoms with van der Waals surface area (Å²) in [4.78, 5) is 34.3. The Balaban J connectivity index is 2.48. The second-order valence-electron chi connectivity index (χ2n) is 4.45. The number of carboxylic acid groups (broad SMARTS) is 1. The highest BCUT2D eigenvalue weighted by Crippen LogP contribution is 2.28. The number of nitro groups is 1. The fourth-order valence-corrected chi connectivity index (χ4v) is 2.19. The van der Waals surface area contributed by atoms with E-state index < -0.39 is 22.8 Å². The number of aromatic carboxylic acids is 1. The first-order valence-electron chi connectivity index (χ1n) is 6.07. The molecule has 1 atom stereocenters. The molecule has 1 unspecified atom stereocenters. The number of nitrogens with zero attached hydrogens (tertiary/aromatic N) is 2. The van der Waals surface area contributed by atoms with Crippen LogP contribution in [-0.4, -0.2) is 47.7 Å². The van der Waals surface area contributed by atoms with Gasteiger partial charge in [0.25, 0.3) is 5.69 Å². The summed E-state index contributed by atoms with van der Waals surface area (Å²) in [5.74, 6) is -1.96. The third-order valence-corrected chi connectivity index (χ3v) is 3.19. The Labute approximate surface area is 119 Å². The standard InChI is InChI=1S/C12H13N3O6/c13-11(16)10-6-21-4-3-14(10)9-2-1-7(15(19)20)5-8(9)12(17)18/h1-2,5,10H,3-4,6H2,(H2,13,16)(H,17,18). The van der Waals surface area contributed by atoms with Crippen LogP contribution >= 0.6 is 0 Å². The van der Waals surface area contributed by atoms with E-state index in [1.165, 1.54) is 17.0 Å². The number of benzene rings is 1. The van der Waals surface area contributed by atoms with Crippen molar-refractivity contribution < 1.29 is 24.4 Å². The topological polar surface area (TPSA) is 136 Å². The van der Waals surface area contributed by atoms with Gasteiger partial charge in [-0.25, -0.2) is 4.79 Å². The molecule has 112 valence electrons. The lowest BCUT2D eigenvalue weighted by Gasteiger charge is -2.36. The van der Waals surface area contributed by atoms with Crippen LogP contribution in [0.2, 0.25) is 0 Å². The van der Waals surface area contributed by atoms with E-state index in [2.05, 4.69) is 0 Å². The van der Waals surface area contributed by atoms with Gasteiger partial charge in [-0.3, -0.25) is 14.9 Å². The van der Waals surface area contributed by atoms with Crippen LogP contribution in [0.4, 0.5) is 11.4 Å². The number of amides is 1. The Morgan fingerprint density at radius 2 is 2.19 bits per heavy atom. The van der Waals surface area contributed by atoms with Gasteiger partial charge in [0, 0.05) is 18.7 Å². The molecule has 2 rings (SSSR count). The van der Waals surface area contributed by atoms with Crippen LogP contribution in [-0.2, 0) is 9.53 Å². The summed E-state index contributed by atoms with van der Waals surface area (Å²) >= 11 is 0. The summed E-state index contributed by atoms with van der Waals surface area (Å²) in [6.07, 6.45) is 0. The van der Waals surface area contributed by atoms with Gasteiger partial charge in [-0.05, 0) is 6.07 Å². The monoisotopic (exact) mass is 295 g/mol. The third kappa shape index (κ3) is 2.92.